The maximum absolute atomic E-state index is 5.88. The SMILES string of the molecule is Cc1ccc(C(OCC(C)C)C(C)N)o1. The molecule has 0 aliphatic rings. The predicted molar refractivity (Wildman–Crippen MR) is 60.6 cm³/mol. The Morgan fingerprint density at radius 3 is 2.40 bits per heavy atom. The fraction of sp³-hybridized carbons (Fsp3) is 0.667. The van der Waals surface area contributed by atoms with Gasteiger partial charge in [0.25, 0.3) is 0 Å². The van der Waals surface area contributed by atoms with Crippen LogP contribution in [0, 0.1) is 12.8 Å². The zero-order valence-corrected chi connectivity index (χ0v) is 9.99. The Labute approximate surface area is 91.6 Å². The number of hydrogen-bond acceptors (Lipinski definition) is 3. The maximum Gasteiger partial charge on any atom is 0.134 e. The molecule has 0 aliphatic heterocycles. The Hall–Kier alpha value is -0.800. The van der Waals surface area contributed by atoms with Crippen LogP contribution >= 0.6 is 0 Å². The van der Waals surface area contributed by atoms with Gasteiger partial charge in [-0.3, -0.25) is 0 Å². The van der Waals surface area contributed by atoms with Crippen molar-refractivity contribution in [2.24, 2.45) is 11.7 Å². The summed E-state index contributed by atoms with van der Waals surface area (Å²) < 4.78 is 11.3. The molecular weight excluding hydrogens is 190 g/mol. The van der Waals surface area contributed by atoms with Crippen molar-refractivity contribution < 1.29 is 9.15 Å². The van der Waals surface area contributed by atoms with Crippen LogP contribution in [0.15, 0.2) is 16.5 Å². The van der Waals surface area contributed by atoms with E-state index in [4.69, 9.17) is 14.9 Å². The second-order valence-electron chi connectivity index (χ2n) is 4.46. The van der Waals surface area contributed by atoms with Gasteiger partial charge in [-0.15, -0.1) is 0 Å². The van der Waals surface area contributed by atoms with Crippen molar-refractivity contribution in [3.05, 3.63) is 23.7 Å². The number of hydrogen-bond donors (Lipinski definition) is 1. The highest BCUT2D eigenvalue weighted by Gasteiger charge is 2.20. The highest BCUT2D eigenvalue weighted by molar-refractivity contribution is 5.09. The van der Waals surface area contributed by atoms with E-state index in [0.717, 1.165) is 11.5 Å². The molecule has 2 atom stereocenters. The van der Waals surface area contributed by atoms with Crippen molar-refractivity contribution in [1.82, 2.24) is 0 Å². The van der Waals surface area contributed by atoms with Crippen LogP contribution in [0.4, 0.5) is 0 Å². The molecule has 15 heavy (non-hydrogen) atoms. The van der Waals surface area contributed by atoms with E-state index >= 15 is 0 Å². The third-order valence-corrected chi connectivity index (χ3v) is 2.13. The zero-order valence-electron chi connectivity index (χ0n) is 9.99. The van der Waals surface area contributed by atoms with Crippen molar-refractivity contribution in [2.75, 3.05) is 6.61 Å². The van der Waals surface area contributed by atoms with Gasteiger partial charge in [-0.2, -0.15) is 0 Å². The minimum Gasteiger partial charge on any atom is -0.464 e. The Kier molecular flexibility index (Phi) is 4.36. The third-order valence-electron chi connectivity index (χ3n) is 2.13. The van der Waals surface area contributed by atoms with Gasteiger partial charge in [-0.05, 0) is 31.9 Å². The molecule has 1 heterocycles. The summed E-state index contributed by atoms with van der Waals surface area (Å²) in [5.41, 5.74) is 5.88. The Balaban J connectivity index is 2.66. The summed E-state index contributed by atoms with van der Waals surface area (Å²) in [6.45, 7) is 8.79. The number of ether oxygens (including phenoxy) is 1. The van der Waals surface area contributed by atoms with Crippen molar-refractivity contribution in [3.8, 4) is 0 Å². The molecule has 0 aliphatic carbocycles. The molecule has 0 bridgehead atoms. The number of nitrogens with two attached hydrogens (primary N) is 1. The smallest absolute Gasteiger partial charge is 0.134 e. The summed E-state index contributed by atoms with van der Waals surface area (Å²) in [5, 5.41) is 0. The Bertz CT molecular complexity index is 292. The first-order valence-corrected chi connectivity index (χ1v) is 5.44. The van der Waals surface area contributed by atoms with Crippen molar-refractivity contribution in [2.45, 2.75) is 39.8 Å². The molecule has 3 heteroatoms. The number of aryl methyl sites for hydroxylation is 1. The second kappa shape index (κ2) is 5.33. The lowest BCUT2D eigenvalue weighted by Gasteiger charge is -2.20. The minimum absolute atomic E-state index is 0.0608. The molecule has 0 saturated heterocycles. The highest BCUT2D eigenvalue weighted by atomic mass is 16.5. The molecular formula is C12H21NO2. The third kappa shape index (κ3) is 3.68. The van der Waals surface area contributed by atoms with Gasteiger partial charge in [-0.25, -0.2) is 0 Å². The average molecular weight is 211 g/mol. The van der Waals surface area contributed by atoms with Crippen molar-refractivity contribution >= 4 is 0 Å². The molecule has 0 spiro atoms. The number of furan rings is 1. The fourth-order valence-corrected chi connectivity index (χ4v) is 1.40. The van der Waals surface area contributed by atoms with E-state index in [0.29, 0.717) is 12.5 Å². The van der Waals surface area contributed by atoms with Crippen LogP contribution in [0.3, 0.4) is 0 Å². The van der Waals surface area contributed by atoms with Gasteiger partial charge < -0.3 is 14.9 Å². The van der Waals surface area contributed by atoms with E-state index in [1.807, 2.05) is 26.0 Å². The summed E-state index contributed by atoms with van der Waals surface area (Å²) in [6.07, 6.45) is -0.138. The van der Waals surface area contributed by atoms with E-state index < -0.39 is 0 Å². The van der Waals surface area contributed by atoms with Crippen LogP contribution < -0.4 is 5.73 Å². The van der Waals surface area contributed by atoms with Gasteiger partial charge in [0.1, 0.15) is 17.6 Å². The summed E-state index contributed by atoms with van der Waals surface area (Å²) in [4.78, 5) is 0. The van der Waals surface area contributed by atoms with Gasteiger partial charge in [0, 0.05) is 12.6 Å². The lowest BCUT2D eigenvalue weighted by molar-refractivity contribution is 0.00859. The first-order chi connectivity index (χ1) is 7.00. The first kappa shape index (κ1) is 12.3. The van der Waals surface area contributed by atoms with Crippen molar-refractivity contribution in [3.63, 3.8) is 0 Å². The second-order valence-corrected chi connectivity index (χ2v) is 4.46. The summed E-state index contributed by atoms with van der Waals surface area (Å²) in [7, 11) is 0. The van der Waals surface area contributed by atoms with E-state index in [1.54, 1.807) is 0 Å². The van der Waals surface area contributed by atoms with E-state index in [9.17, 15) is 0 Å². The summed E-state index contributed by atoms with van der Waals surface area (Å²) in [5.74, 6) is 2.22. The highest BCUT2D eigenvalue weighted by Crippen LogP contribution is 2.23. The van der Waals surface area contributed by atoms with E-state index in [1.165, 1.54) is 0 Å². The van der Waals surface area contributed by atoms with Gasteiger partial charge in [0.15, 0.2) is 0 Å². The zero-order chi connectivity index (χ0) is 11.4. The summed E-state index contributed by atoms with van der Waals surface area (Å²) in [6, 6.07) is 3.81. The average Bonchev–Trinajstić information content (AvgIpc) is 2.51. The van der Waals surface area contributed by atoms with E-state index in [-0.39, 0.29) is 12.1 Å². The van der Waals surface area contributed by atoms with Crippen LogP contribution in [-0.4, -0.2) is 12.6 Å². The Morgan fingerprint density at radius 1 is 1.33 bits per heavy atom. The van der Waals surface area contributed by atoms with Crippen LogP contribution in [0.5, 0.6) is 0 Å². The monoisotopic (exact) mass is 211 g/mol. The predicted octanol–water partition coefficient (Wildman–Crippen LogP) is 2.65. The first-order valence-electron chi connectivity index (χ1n) is 5.44. The van der Waals surface area contributed by atoms with Gasteiger partial charge in [-0.1, -0.05) is 13.8 Å². The number of rotatable bonds is 5. The molecule has 86 valence electrons. The normalized spacial score (nSPS) is 15.6. The molecule has 0 radical (unpaired) electrons. The molecule has 1 aromatic heterocycles. The lowest BCUT2D eigenvalue weighted by Crippen LogP contribution is -2.27. The molecule has 0 aromatic carbocycles. The largest absolute Gasteiger partial charge is 0.464 e. The van der Waals surface area contributed by atoms with Gasteiger partial charge >= 0.3 is 0 Å². The lowest BCUT2D eigenvalue weighted by atomic mass is 10.1. The molecule has 0 fully saturated rings. The molecule has 2 unspecified atom stereocenters. The molecule has 3 nitrogen and oxygen atoms in total. The van der Waals surface area contributed by atoms with Crippen LogP contribution in [0.2, 0.25) is 0 Å². The van der Waals surface area contributed by atoms with Crippen molar-refractivity contribution in [1.29, 1.82) is 0 Å². The molecule has 0 saturated carbocycles. The van der Waals surface area contributed by atoms with Gasteiger partial charge in [0.05, 0.1) is 0 Å². The fourth-order valence-electron chi connectivity index (χ4n) is 1.40. The molecule has 1 rings (SSSR count). The Morgan fingerprint density at radius 2 is 2.00 bits per heavy atom. The van der Waals surface area contributed by atoms with Crippen LogP contribution in [-0.2, 0) is 4.74 Å². The van der Waals surface area contributed by atoms with Gasteiger partial charge in [0.2, 0.25) is 0 Å². The molecule has 2 N–H and O–H groups in total. The standard InChI is InChI=1S/C12H21NO2/c1-8(2)7-14-12(10(4)13)11-6-5-9(3)15-11/h5-6,8,10,12H,7,13H2,1-4H3. The minimum atomic E-state index is -0.138. The van der Waals surface area contributed by atoms with E-state index in [2.05, 4.69) is 13.8 Å². The summed E-state index contributed by atoms with van der Waals surface area (Å²) >= 11 is 0. The maximum atomic E-state index is 5.88. The molecule has 0 amide bonds. The topological polar surface area (TPSA) is 48.4 Å². The quantitative estimate of drug-likeness (QED) is 0.814. The van der Waals surface area contributed by atoms with Crippen LogP contribution in [0.1, 0.15) is 38.4 Å². The van der Waals surface area contributed by atoms with Crippen LogP contribution in [0.25, 0.3) is 0 Å². The molecule has 1 aromatic rings.